The molecule has 0 aromatic heterocycles. The topological polar surface area (TPSA) is 105 Å². The minimum Gasteiger partial charge on any atom is -0.481 e. The summed E-state index contributed by atoms with van der Waals surface area (Å²) in [5.74, 6) is -9.08. The molecular formula is C25H26F2N2O5. The third kappa shape index (κ3) is 4.60. The van der Waals surface area contributed by atoms with Crippen LogP contribution in [0.25, 0.3) is 11.1 Å². The number of fused-ring (bicyclic) bond motifs is 3. The third-order valence-electron chi connectivity index (χ3n) is 6.60. The zero-order valence-corrected chi connectivity index (χ0v) is 18.6. The highest BCUT2D eigenvalue weighted by Gasteiger charge is 2.72. The summed E-state index contributed by atoms with van der Waals surface area (Å²) in [7, 11) is 0. The number of nitrogens with one attached hydrogen (secondary N) is 2. The number of ether oxygens (including phenoxy) is 1. The lowest BCUT2D eigenvalue weighted by Crippen LogP contribution is -2.34. The fourth-order valence-electron chi connectivity index (χ4n) is 4.54. The third-order valence-corrected chi connectivity index (χ3v) is 6.60. The highest BCUT2D eigenvalue weighted by Crippen LogP contribution is 2.54. The van der Waals surface area contributed by atoms with Crippen LogP contribution in [0.2, 0.25) is 0 Å². The van der Waals surface area contributed by atoms with Crippen LogP contribution in [0.1, 0.15) is 30.4 Å². The van der Waals surface area contributed by atoms with Crippen molar-refractivity contribution in [3.05, 3.63) is 59.7 Å². The van der Waals surface area contributed by atoms with Gasteiger partial charge in [0.1, 0.15) is 12.5 Å². The maximum Gasteiger partial charge on any atom is 0.407 e. The Labute approximate surface area is 195 Å². The number of carboxylic acid groups (broad SMARTS) is 1. The molecule has 3 N–H and O–H groups in total. The van der Waals surface area contributed by atoms with E-state index in [0.717, 1.165) is 22.3 Å². The maximum absolute atomic E-state index is 13.4. The van der Waals surface area contributed by atoms with Gasteiger partial charge < -0.3 is 20.5 Å². The molecule has 2 amide bonds. The molecule has 2 aliphatic rings. The molecule has 2 aromatic rings. The number of hydrogen-bond donors (Lipinski definition) is 3. The zero-order valence-electron chi connectivity index (χ0n) is 18.6. The molecular weight excluding hydrogens is 446 g/mol. The molecule has 2 aromatic carbocycles. The van der Waals surface area contributed by atoms with Crippen LogP contribution in [-0.4, -0.2) is 48.7 Å². The number of alkyl carbamates (subject to hydrolysis) is 1. The molecule has 0 heterocycles. The number of carbonyl (C=O) groups excluding carboxylic acids is 2. The molecule has 2 aliphatic carbocycles. The highest BCUT2D eigenvalue weighted by atomic mass is 19.3. The van der Waals surface area contributed by atoms with Gasteiger partial charge in [0, 0.05) is 24.9 Å². The van der Waals surface area contributed by atoms with Crippen LogP contribution in [0.5, 0.6) is 0 Å². The first-order valence-corrected chi connectivity index (χ1v) is 11.2. The molecule has 180 valence electrons. The lowest BCUT2D eigenvalue weighted by Gasteiger charge is -2.15. The van der Waals surface area contributed by atoms with Gasteiger partial charge in [-0.05, 0) is 28.7 Å². The van der Waals surface area contributed by atoms with Crippen molar-refractivity contribution in [1.29, 1.82) is 0 Å². The Morgan fingerprint density at radius 3 is 2.18 bits per heavy atom. The average Bonchev–Trinajstić information content (AvgIpc) is 3.23. The van der Waals surface area contributed by atoms with E-state index >= 15 is 0 Å². The first-order chi connectivity index (χ1) is 16.2. The molecule has 1 fully saturated rings. The van der Waals surface area contributed by atoms with Gasteiger partial charge in [-0.2, -0.15) is 0 Å². The van der Waals surface area contributed by atoms with Crippen molar-refractivity contribution in [2.75, 3.05) is 19.7 Å². The van der Waals surface area contributed by atoms with Crippen molar-refractivity contribution in [2.45, 2.75) is 25.2 Å². The summed E-state index contributed by atoms with van der Waals surface area (Å²) >= 11 is 0. The van der Waals surface area contributed by atoms with Crippen molar-refractivity contribution >= 4 is 18.0 Å². The molecule has 0 bridgehead atoms. The molecule has 1 unspecified atom stereocenters. The van der Waals surface area contributed by atoms with Crippen LogP contribution < -0.4 is 10.6 Å². The lowest BCUT2D eigenvalue weighted by molar-refractivity contribution is -0.141. The minimum absolute atomic E-state index is 0.0574. The van der Waals surface area contributed by atoms with Gasteiger partial charge in [0.15, 0.2) is 0 Å². The first kappa shape index (κ1) is 23.7. The van der Waals surface area contributed by atoms with Gasteiger partial charge in [-0.15, -0.1) is 0 Å². The second-order valence-electron chi connectivity index (χ2n) is 8.78. The van der Waals surface area contributed by atoms with E-state index in [1.165, 1.54) is 0 Å². The number of aliphatic carboxylic acids is 1. The van der Waals surface area contributed by atoms with Gasteiger partial charge in [-0.1, -0.05) is 55.5 Å². The van der Waals surface area contributed by atoms with Crippen molar-refractivity contribution in [1.82, 2.24) is 10.6 Å². The first-order valence-electron chi connectivity index (χ1n) is 11.2. The summed E-state index contributed by atoms with van der Waals surface area (Å²) in [5, 5.41) is 13.8. The summed E-state index contributed by atoms with van der Waals surface area (Å²) in [4.78, 5) is 35.1. The van der Waals surface area contributed by atoms with E-state index < -0.39 is 48.2 Å². The molecule has 34 heavy (non-hydrogen) atoms. The molecule has 9 heteroatoms. The molecule has 4 rings (SSSR count). The van der Waals surface area contributed by atoms with Crippen LogP contribution in [0.4, 0.5) is 13.6 Å². The average molecular weight is 472 g/mol. The normalized spacial score (nSPS) is 20.6. The summed E-state index contributed by atoms with van der Waals surface area (Å²) in [6.45, 7) is 1.56. The molecule has 0 radical (unpaired) electrons. The number of halogens is 2. The van der Waals surface area contributed by atoms with E-state index in [-0.39, 0.29) is 25.5 Å². The largest absolute Gasteiger partial charge is 0.481 e. The predicted octanol–water partition coefficient (Wildman–Crippen LogP) is 3.63. The van der Waals surface area contributed by atoms with Gasteiger partial charge in [0.25, 0.3) is 5.92 Å². The Balaban J connectivity index is 1.19. The molecule has 7 nitrogen and oxygen atoms in total. The van der Waals surface area contributed by atoms with Crippen LogP contribution >= 0.6 is 0 Å². The summed E-state index contributed by atoms with van der Waals surface area (Å²) in [5.41, 5.74) is 4.47. The van der Waals surface area contributed by atoms with E-state index in [9.17, 15) is 23.2 Å². The number of amides is 2. The quantitative estimate of drug-likeness (QED) is 0.517. The Morgan fingerprint density at radius 2 is 1.62 bits per heavy atom. The molecule has 3 atom stereocenters. The van der Waals surface area contributed by atoms with Crippen molar-refractivity contribution < 1.29 is 33.0 Å². The minimum atomic E-state index is -3.30. The second kappa shape index (κ2) is 9.40. The monoisotopic (exact) mass is 472 g/mol. The maximum atomic E-state index is 13.4. The van der Waals surface area contributed by atoms with Gasteiger partial charge in [-0.3, -0.25) is 9.59 Å². The Morgan fingerprint density at radius 1 is 1.03 bits per heavy atom. The van der Waals surface area contributed by atoms with Crippen molar-refractivity contribution in [2.24, 2.45) is 17.8 Å². The van der Waals surface area contributed by atoms with Gasteiger partial charge in [0.05, 0.1) is 5.92 Å². The Hall–Kier alpha value is -3.49. The SMILES string of the molecule is CC(CCNC(=O)OCC1c2ccccc2-c2ccccc21)C(=O)NC[C@@H]1[C@H](C(=O)O)C1(F)F. The lowest BCUT2D eigenvalue weighted by atomic mass is 9.98. The van der Waals surface area contributed by atoms with Crippen LogP contribution in [0, 0.1) is 17.8 Å². The van der Waals surface area contributed by atoms with Crippen molar-refractivity contribution in [3.63, 3.8) is 0 Å². The predicted molar refractivity (Wildman–Crippen MR) is 119 cm³/mol. The molecule has 1 saturated carbocycles. The number of hydrogen-bond acceptors (Lipinski definition) is 4. The summed E-state index contributed by atoms with van der Waals surface area (Å²) < 4.78 is 32.3. The Bertz CT molecular complexity index is 1060. The fourth-order valence-corrected chi connectivity index (χ4v) is 4.54. The van der Waals surface area contributed by atoms with E-state index in [0.29, 0.717) is 0 Å². The number of benzene rings is 2. The van der Waals surface area contributed by atoms with Crippen LogP contribution in [0.15, 0.2) is 48.5 Å². The van der Waals surface area contributed by atoms with E-state index in [4.69, 9.17) is 9.84 Å². The van der Waals surface area contributed by atoms with Gasteiger partial charge in [0.2, 0.25) is 5.91 Å². The second-order valence-corrected chi connectivity index (χ2v) is 8.78. The van der Waals surface area contributed by atoms with E-state index in [1.54, 1.807) is 6.92 Å². The highest BCUT2D eigenvalue weighted by molar-refractivity contribution is 5.80. The van der Waals surface area contributed by atoms with Crippen LogP contribution in [0.3, 0.4) is 0 Å². The van der Waals surface area contributed by atoms with Gasteiger partial charge >= 0.3 is 12.1 Å². The standard InChI is InChI=1S/C25H26F2N2O5/c1-14(22(30)29-12-20-21(23(31)32)25(20,26)27)10-11-28-24(33)34-13-19-17-8-4-2-6-15(17)16-7-3-5-9-18(16)19/h2-9,14,19-21H,10-13H2,1H3,(H,28,33)(H,29,30)(H,31,32)/t14?,20-,21-/m1/s1. The van der Waals surface area contributed by atoms with Gasteiger partial charge in [-0.25, -0.2) is 13.6 Å². The Kier molecular flexibility index (Phi) is 6.54. The fraction of sp³-hybridized carbons (Fsp3) is 0.400. The smallest absolute Gasteiger partial charge is 0.407 e. The summed E-state index contributed by atoms with van der Waals surface area (Å²) in [6, 6.07) is 16.0. The van der Waals surface area contributed by atoms with E-state index in [2.05, 4.69) is 10.6 Å². The van der Waals surface area contributed by atoms with Crippen molar-refractivity contribution in [3.8, 4) is 11.1 Å². The number of carbonyl (C=O) groups is 3. The number of rotatable bonds is 9. The number of alkyl halides is 2. The zero-order chi connectivity index (χ0) is 24.5. The van der Waals surface area contributed by atoms with E-state index in [1.807, 2.05) is 48.5 Å². The molecule has 0 aliphatic heterocycles. The molecule has 0 saturated heterocycles. The number of carboxylic acids is 1. The van der Waals surface area contributed by atoms with Crippen LogP contribution in [-0.2, 0) is 14.3 Å². The molecule has 0 spiro atoms. The summed E-state index contributed by atoms with van der Waals surface area (Å²) in [6.07, 6.45) is -0.323.